The lowest BCUT2D eigenvalue weighted by atomic mass is 9.89. The smallest absolute Gasteiger partial charge is 0.106 e. The van der Waals surface area contributed by atoms with Gasteiger partial charge in [-0.15, -0.1) is 0 Å². The first-order valence-corrected chi connectivity index (χ1v) is 7.75. The number of hydrogen-bond acceptors (Lipinski definition) is 2. The molecule has 0 amide bonds. The van der Waals surface area contributed by atoms with E-state index in [4.69, 9.17) is 11.6 Å². The molecule has 106 valence electrons. The number of aromatic nitrogens is 2. The zero-order valence-corrected chi connectivity index (χ0v) is 12.3. The highest BCUT2D eigenvalue weighted by molar-refractivity contribution is 6.33. The van der Waals surface area contributed by atoms with E-state index in [-0.39, 0.29) is 0 Å². The third-order valence-electron chi connectivity index (χ3n) is 4.03. The molecule has 1 aliphatic carbocycles. The largest absolute Gasteiger partial charge is 0.383 e. The van der Waals surface area contributed by atoms with Gasteiger partial charge in [-0.2, -0.15) is 5.10 Å². The van der Waals surface area contributed by atoms with E-state index < -0.39 is 0 Å². The van der Waals surface area contributed by atoms with Gasteiger partial charge in [0.2, 0.25) is 0 Å². The van der Waals surface area contributed by atoms with Crippen molar-refractivity contribution in [3.63, 3.8) is 0 Å². The average molecular weight is 290 g/mol. The fraction of sp³-hybridized carbons (Fsp3) is 0.438. The number of rotatable bonds is 4. The Hall–Kier alpha value is -1.48. The molecule has 0 bridgehead atoms. The number of nitrogens with one attached hydrogen (secondary N) is 1. The number of para-hydroxylation sites is 1. The lowest BCUT2D eigenvalue weighted by molar-refractivity contribution is 0.373. The second-order valence-corrected chi connectivity index (χ2v) is 5.88. The minimum Gasteiger partial charge on any atom is -0.383 e. The molecular weight excluding hydrogens is 270 g/mol. The van der Waals surface area contributed by atoms with Crippen LogP contribution in [0.4, 0.5) is 5.69 Å². The van der Waals surface area contributed by atoms with Crippen LogP contribution in [0.25, 0.3) is 5.69 Å². The van der Waals surface area contributed by atoms with Crippen LogP contribution in [-0.4, -0.2) is 16.3 Å². The lowest BCUT2D eigenvalue weighted by Gasteiger charge is -2.23. The molecule has 1 aliphatic rings. The molecule has 1 aromatic heterocycles. The minimum atomic E-state index is 0.724. The Balaban J connectivity index is 1.77. The van der Waals surface area contributed by atoms with Crippen LogP contribution < -0.4 is 5.32 Å². The molecule has 0 aliphatic heterocycles. The van der Waals surface area contributed by atoms with Crippen molar-refractivity contribution in [1.29, 1.82) is 0 Å². The molecule has 0 spiro atoms. The van der Waals surface area contributed by atoms with Gasteiger partial charge in [-0.1, -0.05) is 36.9 Å². The molecule has 3 rings (SSSR count). The minimum absolute atomic E-state index is 0.724. The summed E-state index contributed by atoms with van der Waals surface area (Å²) in [6.07, 6.45) is 10.5. The quantitative estimate of drug-likeness (QED) is 0.897. The van der Waals surface area contributed by atoms with Crippen molar-refractivity contribution in [2.75, 3.05) is 11.9 Å². The van der Waals surface area contributed by atoms with E-state index in [1.807, 2.05) is 29.1 Å². The summed E-state index contributed by atoms with van der Waals surface area (Å²) in [5.41, 5.74) is 2.00. The molecule has 4 heteroatoms. The van der Waals surface area contributed by atoms with E-state index in [1.54, 1.807) is 6.20 Å². The summed E-state index contributed by atoms with van der Waals surface area (Å²) in [5.74, 6) is 0.785. The van der Waals surface area contributed by atoms with Gasteiger partial charge < -0.3 is 5.32 Å². The fourth-order valence-corrected chi connectivity index (χ4v) is 3.20. The first-order chi connectivity index (χ1) is 9.84. The monoisotopic (exact) mass is 289 g/mol. The topological polar surface area (TPSA) is 29.9 Å². The Labute approximate surface area is 124 Å². The molecule has 0 saturated heterocycles. The Morgan fingerprint density at radius 3 is 2.80 bits per heavy atom. The fourth-order valence-electron chi connectivity index (χ4n) is 2.94. The molecule has 1 aromatic carbocycles. The van der Waals surface area contributed by atoms with E-state index >= 15 is 0 Å². The number of nitrogens with zero attached hydrogens (tertiary/aromatic N) is 2. The van der Waals surface area contributed by atoms with Crippen LogP contribution in [0.15, 0.2) is 36.7 Å². The van der Waals surface area contributed by atoms with Crippen molar-refractivity contribution in [3.05, 3.63) is 41.7 Å². The van der Waals surface area contributed by atoms with Crippen molar-refractivity contribution in [2.24, 2.45) is 5.92 Å². The van der Waals surface area contributed by atoms with Crippen LogP contribution in [0.3, 0.4) is 0 Å². The lowest BCUT2D eigenvalue weighted by Crippen LogP contribution is -2.18. The van der Waals surface area contributed by atoms with Gasteiger partial charge in [0.25, 0.3) is 0 Å². The van der Waals surface area contributed by atoms with Crippen LogP contribution in [0.2, 0.25) is 5.02 Å². The Kier molecular flexibility index (Phi) is 4.26. The van der Waals surface area contributed by atoms with Crippen molar-refractivity contribution < 1.29 is 0 Å². The van der Waals surface area contributed by atoms with Gasteiger partial charge in [-0.25, -0.2) is 4.68 Å². The molecule has 1 fully saturated rings. The Morgan fingerprint density at radius 1 is 1.20 bits per heavy atom. The molecule has 2 aromatic rings. The highest BCUT2D eigenvalue weighted by atomic mass is 35.5. The van der Waals surface area contributed by atoms with Crippen LogP contribution in [0, 0.1) is 5.92 Å². The number of halogens is 1. The molecule has 20 heavy (non-hydrogen) atoms. The molecular formula is C16H20ClN3. The molecule has 1 N–H and O–H groups in total. The zero-order valence-electron chi connectivity index (χ0n) is 11.6. The molecule has 1 heterocycles. The Morgan fingerprint density at radius 2 is 2.05 bits per heavy atom. The summed E-state index contributed by atoms with van der Waals surface area (Å²) in [6, 6.07) is 7.88. The van der Waals surface area contributed by atoms with E-state index in [0.717, 1.165) is 28.9 Å². The van der Waals surface area contributed by atoms with E-state index in [2.05, 4.69) is 16.5 Å². The number of anilines is 1. The molecule has 3 nitrogen and oxygen atoms in total. The standard InChI is InChI=1S/C16H20ClN3/c17-14-8-4-9-15(16(14)20-11-5-10-19-20)18-12-13-6-2-1-3-7-13/h4-5,8-11,13,18H,1-3,6-7,12H2. The predicted octanol–water partition coefficient (Wildman–Crippen LogP) is 4.52. The van der Waals surface area contributed by atoms with Gasteiger partial charge in [0.15, 0.2) is 0 Å². The molecule has 1 saturated carbocycles. The van der Waals surface area contributed by atoms with E-state index in [9.17, 15) is 0 Å². The zero-order chi connectivity index (χ0) is 13.8. The summed E-state index contributed by atoms with van der Waals surface area (Å²) >= 11 is 6.34. The maximum atomic E-state index is 6.34. The van der Waals surface area contributed by atoms with Gasteiger partial charge in [0, 0.05) is 18.9 Å². The average Bonchev–Trinajstić information content (AvgIpc) is 3.00. The number of hydrogen-bond donors (Lipinski definition) is 1. The van der Waals surface area contributed by atoms with Crippen LogP contribution in [-0.2, 0) is 0 Å². The SMILES string of the molecule is Clc1cccc(NCC2CCCCC2)c1-n1cccn1. The van der Waals surface area contributed by atoms with Crippen LogP contribution >= 0.6 is 11.6 Å². The predicted molar refractivity (Wildman–Crippen MR) is 83.6 cm³/mol. The maximum absolute atomic E-state index is 6.34. The van der Waals surface area contributed by atoms with Gasteiger partial charge in [-0.05, 0) is 37.0 Å². The summed E-state index contributed by atoms with van der Waals surface area (Å²) in [6.45, 7) is 1.02. The first-order valence-electron chi connectivity index (χ1n) is 7.37. The van der Waals surface area contributed by atoms with Gasteiger partial charge in [0.1, 0.15) is 5.69 Å². The maximum Gasteiger partial charge on any atom is 0.106 e. The second-order valence-electron chi connectivity index (χ2n) is 5.47. The molecule has 0 atom stereocenters. The highest BCUT2D eigenvalue weighted by Crippen LogP contribution is 2.29. The normalized spacial score (nSPS) is 16.2. The van der Waals surface area contributed by atoms with Crippen molar-refractivity contribution in [1.82, 2.24) is 9.78 Å². The summed E-state index contributed by atoms with van der Waals surface area (Å²) < 4.78 is 1.82. The number of benzene rings is 1. The third kappa shape index (κ3) is 2.98. The molecule has 0 unspecified atom stereocenters. The molecule has 0 radical (unpaired) electrons. The summed E-state index contributed by atoms with van der Waals surface area (Å²) in [7, 11) is 0. The van der Waals surface area contributed by atoms with Crippen molar-refractivity contribution in [3.8, 4) is 5.69 Å². The summed E-state index contributed by atoms with van der Waals surface area (Å²) in [5, 5.41) is 8.59. The van der Waals surface area contributed by atoms with E-state index in [1.165, 1.54) is 32.1 Å². The van der Waals surface area contributed by atoms with Crippen molar-refractivity contribution >= 4 is 17.3 Å². The van der Waals surface area contributed by atoms with E-state index in [0.29, 0.717) is 0 Å². The van der Waals surface area contributed by atoms with Gasteiger partial charge in [-0.3, -0.25) is 0 Å². The van der Waals surface area contributed by atoms with Crippen molar-refractivity contribution in [2.45, 2.75) is 32.1 Å². The summed E-state index contributed by atoms with van der Waals surface area (Å²) in [4.78, 5) is 0. The third-order valence-corrected chi connectivity index (χ3v) is 4.33. The van der Waals surface area contributed by atoms with Crippen LogP contribution in [0.5, 0.6) is 0 Å². The second kappa shape index (κ2) is 6.31. The van der Waals surface area contributed by atoms with Crippen LogP contribution in [0.1, 0.15) is 32.1 Å². The Bertz CT molecular complexity index is 545. The highest BCUT2D eigenvalue weighted by Gasteiger charge is 2.15. The first kappa shape index (κ1) is 13.5. The van der Waals surface area contributed by atoms with Gasteiger partial charge in [0.05, 0.1) is 10.7 Å². The van der Waals surface area contributed by atoms with Gasteiger partial charge >= 0.3 is 0 Å².